The number of hydrogen-bond acceptors (Lipinski definition) is 2. The van der Waals surface area contributed by atoms with E-state index in [-0.39, 0.29) is 12.6 Å². The summed E-state index contributed by atoms with van der Waals surface area (Å²) in [6.45, 7) is 1.76. The second-order valence-electron chi connectivity index (χ2n) is 6.55. The van der Waals surface area contributed by atoms with Gasteiger partial charge in [-0.2, -0.15) is 0 Å². The van der Waals surface area contributed by atoms with Crippen molar-refractivity contribution in [1.29, 1.82) is 0 Å². The molecule has 0 heterocycles. The lowest BCUT2D eigenvalue weighted by Gasteiger charge is -2.31. The SMILES string of the molecule is OC[C@H](Cc1cccc(Br)c1)N(Cc1ccccc1)Cc1ccccc1. The summed E-state index contributed by atoms with van der Waals surface area (Å²) in [4.78, 5) is 2.37. The third-order valence-electron chi connectivity index (χ3n) is 4.54. The Hall–Kier alpha value is -1.94. The first-order chi connectivity index (χ1) is 12.7. The summed E-state index contributed by atoms with van der Waals surface area (Å²) in [5, 5.41) is 10.1. The van der Waals surface area contributed by atoms with Gasteiger partial charge in [0.15, 0.2) is 0 Å². The van der Waals surface area contributed by atoms with Crippen LogP contribution in [-0.2, 0) is 19.5 Å². The first kappa shape index (κ1) is 18.8. The van der Waals surface area contributed by atoms with Crippen LogP contribution in [0.5, 0.6) is 0 Å². The molecule has 0 saturated heterocycles. The van der Waals surface area contributed by atoms with Gasteiger partial charge in [0.25, 0.3) is 0 Å². The zero-order valence-electron chi connectivity index (χ0n) is 14.8. The molecule has 0 spiro atoms. The van der Waals surface area contributed by atoms with Crippen LogP contribution in [0, 0.1) is 0 Å². The second-order valence-corrected chi connectivity index (χ2v) is 7.46. The fourth-order valence-electron chi connectivity index (χ4n) is 3.20. The predicted molar refractivity (Wildman–Crippen MR) is 111 cm³/mol. The monoisotopic (exact) mass is 409 g/mol. The van der Waals surface area contributed by atoms with Gasteiger partial charge >= 0.3 is 0 Å². The summed E-state index contributed by atoms with van der Waals surface area (Å²) >= 11 is 3.54. The smallest absolute Gasteiger partial charge is 0.0590 e. The van der Waals surface area contributed by atoms with E-state index in [2.05, 4.69) is 81.5 Å². The summed E-state index contributed by atoms with van der Waals surface area (Å²) in [5.41, 5.74) is 3.75. The molecule has 0 aliphatic rings. The lowest BCUT2D eigenvalue weighted by atomic mass is 10.0. The summed E-state index contributed by atoms with van der Waals surface area (Å²) in [6, 6.07) is 29.3. The molecule has 3 aromatic carbocycles. The van der Waals surface area contributed by atoms with Crippen LogP contribution < -0.4 is 0 Å². The Morgan fingerprint density at radius 2 is 1.27 bits per heavy atom. The maximum Gasteiger partial charge on any atom is 0.0590 e. The molecule has 0 bridgehead atoms. The predicted octanol–water partition coefficient (Wildman–Crippen LogP) is 5.05. The third kappa shape index (κ3) is 5.53. The highest BCUT2D eigenvalue weighted by molar-refractivity contribution is 9.10. The molecule has 26 heavy (non-hydrogen) atoms. The quantitative estimate of drug-likeness (QED) is 0.562. The highest BCUT2D eigenvalue weighted by Crippen LogP contribution is 2.19. The molecule has 134 valence electrons. The lowest BCUT2D eigenvalue weighted by molar-refractivity contribution is 0.109. The molecule has 0 aliphatic heterocycles. The van der Waals surface area contributed by atoms with E-state index in [1.165, 1.54) is 16.7 Å². The standard InChI is InChI=1S/C23H24BrNO/c24-22-13-7-12-21(14-22)15-23(18-26)25(16-19-8-3-1-4-9-19)17-20-10-5-2-6-11-20/h1-14,23,26H,15-18H2/t23-/m0/s1. The van der Waals surface area contributed by atoms with Gasteiger partial charge in [0.2, 0.25) is 0 Å². The van der Waals surface area contributed by atoms with Crippen molar-refractivity contribution in [1.82, 2.24) is 4.90 Å². The van der Waals surface area contributed by atoms with E-state index in [9.17, 15) is 5.11 Å². The Morgan fingerprint density at radius 1 is 0.731 bits per heavy atom. The zero-order valence-corrected chi connectivity index (χ0v) is 16.3. The van der Waals surface area contributed by atoms with Crippen molar-refractivity contribution in [3.05, 3.63) is 106 Å². The molecule has 0 saturated carbocycles. The fraction of sp³-hybridized carbons (Fsp3) is 0.217. The van der Waals surface area contributed by atoms with Crippen LogP contribution >= 0.6 is 15.9 Å². The maximum atomic E-state index is 10.1. The minimum atomic E-state index is 0.0599. The third-order valence-corrected chi connectivity index (χ3v) is 5.04. The summed E-state index contributed by atoms with van der Waals surface area (Å²) < 4.78 is 1.07. The highest BCUT2D eigenvalue weighted by Gasteiger charge is 2.19. The number of nitrogens with zero attached hydrogens (tertiary/aromatic N) is 1. The van der Waals surface area contributed by atoms with Crippen molar-refractivity contribution in [2.75, 3.05) is 6.61 Å². The van der Waals surface area contributed by atoms with Crippen molar-refractivity contribution in [2.45, 2.75) is 25.6 Å². The Morgan fingerprint density at radius 3 is 1.77 bits per heavy atom. The highest BCUT2D eigenvalue weighted by atomic mass is 79.9. The molecule has 3 aromatic rings. The van der Waals surface area contributed by atoms with Crippen LogP contribution in [0.15, 0.2) is 89.4 Å². The number of rotatable bonds is 8. The first-order valence-corrected chi connectivity index (χ1v) is 9.71. The van der Waals surface area contributed by atoms with Crippen LogP contribution in [0.1, 0.15) is 16.7 Å². The van der Waals surface area contributed by atoms with Crippen molar-refractivity contribution in [3.63, 3.8) is 0 Å². The van der Waals surface area contributed by atoms with E-state index in [1.54, 1.807) is 0 Å². The van der Waals surface area contributed by atoms with Gasteiger partial charge in [-0.05, 0) is 35.2 Å². The molecule has 0 aromatic heterocycles. The van der Waals surface area contributed by atoms with E-state index in [0.717, 1.165) is 24.0 Å². The van der Waals surface area contributed by atoms with Crippen molar-refractivity contribution in [3.8, 4) is 0 Å². The van der Waals surface area contributed by atoms with Crippen LogP contribution in [0.3, 0.4) is 0 Å². The van der Waals surface area contributed by atoms with Gasteiger partial charge in [-0.1, -0.05) is 88.7 Å². The lowest BCUT2D eigenvalue weighted by Crippen LogP contribution is -2.38. The van der Waals surface area contributed by atoms with Gasteiger partial charge in [0, 0.05) is 23.6 Å². The fourth-order valence-corrected chi connectivity index (χ4v) is 3.64. The van der Waals surface area contributed by atoms with Crippen LogP contribution in [0.2, 0.25) is 0 Å². The van der Waals surface area contributed by atoms with Crippen molar-refractivity contribution < 1.29 is 5.11 Å². The number of benzene rings is 3. The molecule has 0 aliphatic carbocycles. The second kappa shape index (κ2) is 9.67. The Kier molecular flexibility index (Phi) is 7.01. The number of aliphatic hydroxyl groups excluding tert-OH is 1. The van der Waals surface area contributed by atoms with Crippen LogP contribution in [-0.4, -0.2) is 22.7 Å². The average molecular weight is 410 g/mol. The molecule has 3 heteroatoms. The molecule has 1 atom stereocenters. The minimum Gasteiger partial charge on any atom is -0.395 e. The maximum absolute atomic E-state index is 10.1. The molecular weight excluding hydrogens is 386 g/mol. The minimum absolute atomic E-state index is 0.0599. The molecule has 0 fully saturated rings. The molecule has 3 rings (SSSR count). The van der Waals surface area contributed by atoms with E-state index in [1.807, 2.05) is 24.3 Å². The van der Waals surface area contributed by atoms with Gasteiger partial charge in [0.05, 0.1) is 6.61 Å². The molecule has 2 nitrogen and oxygen atoms in total. The molecular formula is C23H24BrNO. The van der Waals surface area contributed by atoms with E-state index >= 15 is 0 Å². The van der Waals surface area contributed by atoms with Crippen LogP contribution in [0.4, 0.5) is 0 Å². The van der Waals surface area contributed by atoms with E-state index < -0.39 is 0 Å². The average Bonchev–Trinajstić information content (AvgIpc) is 2.67. The molecule has 0 amide bonds. The van der Waals surface area contributed by atoms with Gasteiger partial charge in [-0.3, -0.25) is 4.90 Å². The first-order valence-electron chi connectivity index (χ1n) is 8.92. The Bertz CT molecular complexity index is 750. The zero-order chi connectivity index (χ0) is 18.2. The Balaban J connectivity index is 1.81. The Labute approximate surface area is 164 Å². The number of aliphatic hydroxyl groups is 1. The molecule has 1 N–H and O–H groups in total. The normalized spacial score (nSPS) is 12.3. The van der Waals surface area contributed by atoms with Gasteiger partial charge in [0.1, 0.15) is 0 Å². The molecule has 0 radical (unpaired) electrons. The van der Waals surface area contributed by atoms with Crippen LogP contribution in [0.25, 0.3) is 0 Å². The summed E-state index contributed by atoms with van der Waals surface area (Å²) in [5.74, 6) is 0. The van der Waals surface area contributed by atoms with Crippen molar-refractivity contribution in [2.24, 2.45) is 0 Å². The molecule has 0 unspecified atom stereocenters. The van der Waals surface area contributed by atoms with E-state index in [0.29, 0.717) is 0 Å². The van der Waals surface area contributed by atoms with E-state index in [4.69, 9.17) is 0 Å². The topological polar surface area (TPSA) is 23.5 Å². The van der Waals surface area contributed by atoms with Gasteiger partial charge in [-0.15, -0.1) is 0 Å². The summed E-state index contributed by atoms with van der Waals surface area (Å²) in [6.07, 6.45) is 0.815. The number of halogens is 1. The number of hydrogen-bond donors (Lipinski definition) is 1. The van der Waals surface area contributed by atoms with Crippen molar-refractivity contribution >= 4 is 15.9 Å². The summed E-state index contributed by atoms with van der Waals surface area (Å²) in [7, 11) is 0. The largest absolute Gasteiger partial charge is 0.395 e. The van der Waals surface area contributed by atoms with Gasteiger partial charge < -0.3 is 5.11 Å². The van der Waals surface area contributed by atoms with Gasteiger partial charge in [-0.25, -0.2) is 0 Å².